The van der Waals surface area contributed by atoms with Crippen molar-refractivity contribution in [1.29, 1.82) is 0 Å². The van der Waals surface area contributed by atoms with E-state index in [0.717, 1.165) is 0 Å². The molecule has 0 heterocycles. The molecule has 1 aliphatic carbocycles. The number of nitrogens with two attached hydrogens (primary N) is 6. The zero-order chi connectivity index (χ0) is 61.1. The van der Waals surface area contributed by atoms with Crippen molar-refractivity contribution >= 4 is 82.4 Å². The normalized spacial score (nSPS) is 12.2. The van der Waals surface area contributed by atoms with E-state index in [-0.39, 0.29) is 60.1 Å². The van der Waals surface area contributed by atoms with E-state index in [1.54, 1.807) is 0 Å². The number of carbonyl (C=O) groups excluding carboxylic acids is 6. The summed E-state index contributed by atoms with van der Waals surface area (Å²) in [7, 11) is 0. The van der Waals surface area contributed by atoms with E-state index in [4.69, 9.17) is 74.0 Å². The van der Waals surface area contributed by atoms with Crippen LogP contribution in [0.25, 0.3) is 0 Å². The number of carboxylic acids is 4. The molecular weight excluding hydrogens is 1100 g/mol. The summed E-state index contributed by atoms with van der Waals surface area (Å²) >= 11 is 0. The molecular formula is C40H48F12N12O14. The van der Waals surface area contributed by atoms with E-state index >= 15 is 0 Å². The van der Waals surface area contributed by atoms with Crippen molar-refractivity contribution in [2.45, 2.75) is 75.3 Å². The smallest absolute Gasteiger partial charge is 0.475 e. The van der Waals surface area contributed by atoms with Crippen LogP contribution < -0.4 is 55.7 Å². The van der Waals surface area contributed by atoms with Crippen molar-refractivity contribution in [3.05, 3.63) is 58.7 Å². The van der Waals surface area contributed by atoms with Crippen LogP contribution in [-0.4, -0.2) is 154 Å². The number of aliphatic carboxylic acids is 4. The Morgan fingerprint density at radius 3 is 0.962 bits per heavy atom. The third kappa shape index (κ3) is 29.9. The Morgan fingerprint density at radius 1 is 0.474 bits per heavy atom. The molecule has 0 unspecified atom stereocenters. The number of carbonyl (C=O) groups is 10. The number of amides is 4. The fourth-order valence-corrected chi connectivity index (χ4v) is 4.91. The number of ketones is 2. The van der Waals surface area contributed by atoms with Crippen LogP contribution in [0.15, 0.2) is 46.4 Å². The summed E-state index contributed by atoms with van der Waals surface area (Å²) in [5, 5.41) is 39.0. The molecule has 20 N–H and O–H groups in total. The minimum atomic E-state index is -5.08. The van der Waals surface area contributed by atoms with Crippen LogP contribution in [0.5, 0.6) is 0 Å². The van der Waals surface area contributed by atoms with Gasteiger partial charge in [-0.1, -0.05) is 0 Å². The number of hydrogen-bond donors (Lipinski definition) is 14. The lowest BCUT2D eigenvalue weighted by Gasteiger charge is -2.19. The molecule has 0 radical (unpaired) electrons. The molecule has 0 saturated carbocycles. The van der Waals surface area contributed by atoms with Crippen molar-refractivity contribution in [3.8, 4) is 0 Å². The first-order valence-corrected chi connectivity index (χ1v) is 20.9. The van der Waals surface area contributed by atoms with Gasteiger partial charge in [0.1, 0.15) is 0 Å². The van der Waals surface area contributed by atoms with Crippen molar-refractivity contribution in [1.82, 2.24) is 10.6 Å². The summed E-state index contributed by atoms with van der Waals surface area (Å²) in [5.74, 6) is -13.7. The standard InChI is InChI=1S/C32H44N12O6.4C2HF3O2/c33-23(3-1-11-41-31(35)36)29(49)39-13-9-25(45)43-17-5-7-19-21(15-17)27(47)20-8-6-18(16-22(20)28(19)48)44-26(46)10-14-40-30(50)24(34)4-2-12-42-32(37)38;4*3-2(4,5)1(6)7/h5-8,15-16,23-24H,1-4,9-14,33-34H2,(H,39,49)(H,40,50)(H,43,45)(H,44,46)(H4,35,36,41)(H4,37,38,42);4*(H,6,7)/t23-,24-;;;;/m0..../s1. The van der Waals surface area contributed by atoms with Crippen LogP contribution in [0.4, 0.5) is 64.1 Å². The van der Waals surface area contributed by atoms with Crippen molar-refractivity contribution in [3.63, 3.8) is 0 Å². The number of anilines is 2. The number of aliphatic imine (C=N–C) groups is 2. The number of hydrogen-bond acceptors (Lipinski definition) is 14. The minimum absolute atomic E-state index is 0.0342. The Kier molecular flexibility index (Phi) is 29.7. The topological polar surface area (TPSA) is 481 Å². The first-order chi connectivity index (χ1) is 35.5. The quantitative estimate of drug-likeness (QED) is 0.0360. The molecule has 0 saturated heterocycles. The van der Waals surface area contributed by atoms with Crippen LogP contribution in [0.1, 0.15) is 70.4 Å². The van der Waals surface area contributed by atoms with Gasteiger partial charge in [0.15, 0.2) is 23.5 Å². The Bertz CT molecular complexity index is 2300. The van der Waals surface area contributed by atoms with Gasteiger partial charge in [0.05, 0.1) is 12.1 Å². The molecule has 2 aromatic rings. The predicted octanol–water partition coefficient (Wildman–Crippen LogP) is 0.647. The lowest BCUT2D eigenvalue weighted by Crippen LogP contribution is -2.41. The third-order valence-electron chi connectivity index (χ3n) is 8.47. The van der Waals surface area contributed by atoms with Crippen molar-refractivity contribution in [2.24, 2.45) is 44.4 Å². The number of alkyl halides is 12. The van der Waals surface area contributed by atoms with Gasteiger partial charge in [-0.25, -0.2) is 19.2 Å². The first-order valence-electron chi connectivity index (χ1n) is 20.9. The van der Waals surface area contributed by atoms with Gasteiger partial charge in [-0.2, -0.15) is 52.7 Å². The van der Waals surface area contributed by atoms with E-state index in [2.05, 4.69) is 31.3 Å². The number of nitrogens with one attached hydrogen (secondary N) is 4. The number of fused-ring (bicyclic) bond motifs is 2. The Morgan fingerprint density at radius 2 is 0.731 bits per heavy atom. The second-order valence-corrected chi connectivity index (χ2v) is 14.7. The van der Waals surface area contributed by atoms with Crippen LogP contribution in [0.3, 0.4) is 0 Å². The molecule has 0 fully saturated rings. The highest BCUT2D eigenvalue weighted by atomic mass is 19.4. The molecule has 78 heavy (non-hydrogen) atoms. The monoisotopic (exact) mass is 1150 g/mol. The number of halogens is 12. The summed E-state index contributed by atoms with van der Waals surface area (Å²) in [5.41, 5.74) is 33.9. The fourth-order valence-electron chi connectivity index (χ4n) is 4.91. The highest BCUT2D eigenvalue weighted by molar-refractivity contribution is 6.29. The maximum Gasteiger partial charge on any atom is 0.490 e. The number of nitrogens with zero attached hydrogens (tertiary/aromatic N) is 2. The van der Waals surface area contributed by atoms with Gasteiger partial charge in [0.25, 0.3) is 0 Å². The number of benzene rings is 2. The molecule has 26 nitrogen and oxygen atoms in total. The zero-order valence-corrected chi connectivity index (χ0v) is 39.5. The molecule has 2 atom stereocenters. The summed E-state index contributed by atoms with van der Waals surface area (Å²) < 4.78 is 127. The van der Waals surface area contributed by atoms with Crippen LogP contribution >= 0.6 is 0 Å². The predicted molar refractivity (Wildman–Crippen MR) is 243 cm³/mol. The van der Waals surface area contributed by atoms with E-state index in [9.17, 15) is 81.5 Å². The molecule has 0 aromatic heterocycles. The Balaban J connectivity index is 0. The Hall–Kier alpha value is -8.84. The average Bonchev–Trinajstić information content (AvgIpc) is 3.30. The average molecular weight is 1150 g/mol. The van der Waals surface area contributed by atoms with Gasteiger partial charge in [-0.15, -0.1) is 0 Å². The van der Waals surface area contributed by atoms with Gasteiger partial charge in [-0.05, 0) is 62.1 Å². The zero-order valence-electron chi connectivity index (χ0n) is 39.5. The minimum Gasteiger partial charge on any atom is -0.475 e. The van der Waals surface area contributed by atoms with Crippen LogP contribution in [-0.2, 0) is 38.4 Å². The molecule has 1 aliphatic rings. The van der Waals surface area contributed by atoms with Gasteiger partial charge in [0, 0.05) is 72.6 Å². The number of rotatable bonds is 18. The molecule has 38 heteroatoms. The van der Waals surface area contributed by atoms with Gasteiger partial charge >= 0.3 is 48.6 Å². The molecule has 4 amide bonds. The maximum absolute atomic E-state index is 13.3. The lowest BCUT2D eigenvalue weighted by atomic mass is 9.83. The van der Waals surface area contributed by atoms with Gasteiger partial charge < -0.3 is 76.1 Å². The highest BCUT2D eigenvalue weighted by Crippen LogP contribution is 2.31. The first kappa shape index (κ1) is 71.2. The van der Waals surface area contributed by atoms with Gasteiger partial charge in [-0.3, -0.25) is 38.8 Å². The van der Waals surface area contributed by atoms with Crippen LogP contribution in [0.2, 0.25) is 0 Å². The lowest BCUT2D eigenvalue weighted by molar-refractivity contribution is -0.193. The van der Waals surface area contributed by atoms with E-state index in [1.807, 2.05) is 0 Å². The molecule has 436 valence electrons. The second-order valence-electron chi connectivity index (χ2n) is 14.7. The summed E-state index contributed by atoms with van der Waals surface area (Å²) in [4.78, 5) is 119. The summed E-state index contributed by atoms with van der Waals surface area (Å²) in [6.45, 7) is 0.758. The van der Waals surface area contributed by atoms with E-state index < -0.39 is 95.9 Å². The summed E-state index contributed by atoms with van der Waals surface area (Å²) in [6.07, 6.45) is -18.7. The van der Waals surface area contributed by atoms with E-state index in [0.29, 0.717) is 50.1 Å². The maximum atomic E-state index is 13.3. The summed E-state index contributed by atoms with van der Waals surface area (Å²) in [6, 6.07) is 7.14. The molecule has 0 spiro atoms. The van der Waals surface area contributed by atoms with Crippen LogP contribution in [0, 0.1) is 0 Å². The van der Waals surface area contributed by atoms with E-state index in [1.165, 1.54) is 36.4 Å². The molecule has 3 rings (SSSR count). The second kappa shape index (κ2) is 32.6. The van der Waals surface area contributed by atoms with Crippen molar-refractivity contribution in [2.75, 3.05) is 36.8 Å². The number of carboxylic acid groups (broad SMARTS) is 4. The molecule has 0 bridgehead atoms. The third-order valence-corrected chi connectivity index (χ3v) is 8.47. The van der Waals surface area contributed by atoms with Gasteiger partial charge in [0.2, 0.25) is 23.6 Å². The largest absolute Gasteiger partial charge is 0.490 e. The highest BCUT2D eigenvalue weighted by Gasteiger charge is 2.40. The van der Waals surface area contributed by atoms with Crippen molar-refractivity contribution < 1.29 is 121 Å². The number of guanidine groups is 2. The Labute approximate surface area is 429 Å². The fraction of sp³-hybridized carbons (Fsp3) is 0.400. The molecule has 0 aliphatic heterocycles. The molecule has 2 aromatic carbocycles. The SMILES string of the molecule is NC(N)=NCCC[C@H](N)C(=O)NCCC(=O)Nc1ccc2c(c1)C(=O)c1ccc(NC(=O)CCNC(=O)[C@@H](N)CCCN=C(N)N)cc1C2=O.O=C(O)C(F)(F)F.O=C(O)C(F)(F)F.O=C(O)C(F)(F)F.O=C(O)C(F)(F)F.